The van der Waals surface area contributed by atoms with Gasteiger partial charge in [0.1, 0.15) is 11.4 Å². The second kappa shape index (κ2) is 8.87. The number of benzene rings is 2. The lowest BCUT2D eigenvalue weighted by Crippen LogP contribution is -2.43. The van der Waals surface area contributed by atoms with Crippen LogP contribution in [0.4, 0.5) is 5.69 Å². The van der Waals surface area contributed by atoms with Crippen molar-refractivity contribution in [2.24, 2.45) is 5.92 Å². The Morgan fingerprint density at radius 3 is 2.50 bits per heavy atom. The van der Waals surface area contributed by atoms with Crippen molar-refractivity contribution < 1.29 is 19.4 Å². The molecule has 1 aliphatic heterocycles. The van der Waals surface area contributed by atoms with Gasteiger partial charge in [0.2, 0.25) is 0 Å². The smallest absolute Gasteiger partial charge is 0.310 e. The van der Waals surface area contributed by atoms with Crippen molar-refractivity contribution in [3.05, 3.63) is 59.9 Å². The number of carbonyl (C=O) groups is 2. The number of para-hydroxylation sites is 3. The number of amides is 1. The number of anilines is 1. The maximum atomic E-state index is 13.6. The van der Waals surface area contributed by atoms with Gasteiger partial charge in [-0.05, 0) is 51.3 Å². The summed E-state index contributed by atoms with van der Waals surface area (Å²) in [6.07, 6.45) is 0.529. The Labute approximate surface area is 200 Å². The summed E-state index contributed by atoms with van der Waals surface area (Å²) in [6.45, 7) is 10.6. The summed E-state index contributed by atoms with van der Waals surface area (Å²) in [6, 6.07) is 15.0. The van der Waals surface area contributed by atoms with Gasteiger partial charge in [0, 0.05) is 12.1 Å². The van der Waals surface area contributed by atoms with Gasteiger partial charge in [-0.3, -0.25) is 9.59 Å². The molecule has 2 aromatic carbocycles. The third-order valence-corrected chi connectivity index (χ3v) is 6.02. The van der Waals surface area contributed by atoms with E-state index < -0.39 is 29.5 Å². The van der Waals surface area contributed by atoms with Gasteiger partial charge < -0.3 is 19.3 Å². The van der Waals surface area contributed by atoms with Crippen LogP contribution in [0.1, 0.15) is 58.8 Å². The van der Waals surface area contributed by atoms with Crippen LogP contribution in [-0.2, 0) is 33.0 Å². The molecule has 1 N–H and O–H groups in total. The lowest BCUT2D eigenvalue weighted by molar-refractivity contribution is -0.164. The number of ether oxygens (including phenoxy) is 1. The minimum atomic E-state index is -1.98. The highest BCUT2D eigenvalue weighted by Gasteiger charge is 2.51. The Morgan fingerprint density at radius 2 is 1.79 bits per heavy atom. The van der Waals surface area contributed by atoms with E-state index in [2.05, 4.69) is 18.4 Å². The average Bonchev–Trinajstić information content (AvgIpc) is 3.19. The zero-order chi connectivity index (χ0) is 24.7. The first-order valence-corrected chi connectivity index (χ1v) is 11.8. The summed E-state index contributed by atoms with van der Waals surface area (Å²) in [5.74, 6) is 0.0970. The fourth-order valence-corrected chi connectivity index (χ4v) is 4.45. The lowest BCUT2D eigenvalue weighted by Gasteiger charge is -2.25. The van der Waals surface area contributed by atoms with E-state index in [0.717, 1.165) is 29.8 Å². The van der Waals surface area contributed by atoms with Crippen LogP contribution in [0, 0.1) is 5.92 Å². The fraction of sp³-hybridized carbons (Fsp3) is 0.444. The van der Waals surface area contributed by atoms with Crippen molar-refractivity contribution >= 4 is 28.6 Å². The molecule has 0 fully saturated rings. The first-order valence-electron chi connectivity index (χ1n) is 11.8. The van der Waals surface area contributed by atoms with Crippen LogP contribution < -0.4 is 4.90 Å². The van der Waals surface area contributed by atoms with Gasteiger partial charge in [0.05, 0.1) is 29.7 Å². The molecule has 34 heavy (non-hydrogen) atoms. The zero-order valence-electron chi connectivity index (χ0n) is 20.5. The number of hydrogen-bond donors (Lipinski definition) is 1. The summed E-state index contributed by atoms with van der Waals surface area (Å²) in [5.41, 5.74) is 0.188. The third-order valence-electron chi connectivity index (χ3n) is 6.02. The number of aromatic nitrogens is 2. The number of esters is 1. The average molecular weight is 464 g/mol. The molecule has 2 heterocycles. The minimum absolute atomic E-state index is 0.194. The van der Waals surface area contributed by atoms with Crippen LogP contribution in [0.5, 0.6) is 0 Å². The maximum absolute atomic E-state index is 13.6. The van der Waals surface area contributed by atoms with E-state index in [9.17, 15) is 14.7 Å². The van der Waals surface area contributed by atoms with Gasteiger partial charge >= 0.3 is 5.97 Å². The van der Waals surface area contributed by atoms with Crippen LogP contribution in [0.2, 0.25) is 0 Å². The number of fused-ring (bicyclic) bond motifs is 2. The van der Waals surface area contributed by atoms with Gasteiger partial charge in [-0.1, -0.05) is 44.2 Å². The molecule has 1 aliphatic rings. The van der Waals surface area contributed by atoms with Crippen molar-refractivity contribution in [2.45, 2.75) is 71.8 Å². The summed E-state index contributed by atoms with van der Waals surface area (Å²) in [4.78, 5) is 32.6. The summed E-state index contributed by atoms with van der Waals surface area (Å²) < 4.78 is 7.56. The topological polar surface area (TPSA) is 84.7 Å². The highest BCUT2D eigenvalue weighted by atomic mass is 16.6. The number of aryl methyl sites for hydroxylation is 1. The molecule has 0 bridgehead atoms. The lowest BCUT2D eigenvalue weighted by atomic mass is 9.92. The van der Waals surface area contributed by atoms with E-state index in [0.29, 0.717) is 17.2 Å². The van der Waals surface area contributed by atoms with Crippen LogP contribution in [0.3, 0.4) is 0 Å². The molecule has 0 saturated heterocycles. The van der Waals surface area contributed by atoms with Crippen molar-refractivity contribution in [1.29, 1.82) is 0 Å². The van der Waals surface area contributed by atoms with Gasteiger partial charge in [-0.15, -0.1) is 0 Å². The first-order chi connectivity index (χ1) is 16.0. The number of rotatable bonds is 7. The number of nitrogens with zero attached hydrogens (tertiary/aromatic N) is 3. The monoisotopic (exact) mass is 463 g/mol. The normalized spacial score (nSPS) is 18.1. The maximum Gasteiger partial charge on any atom is 0.310 e. The molecule has 4 rings (SSSR count). The van der Waals surface area contributed by atoms with Crippen LogP contribution in [0.25, 0.3) is 11.0 Å². The van der Waals surface area contributed by atoms with E-state index in [-0.39, 0.29) is 6.54 Å². The number of imidazole rings is 1. The van der Waals surface area contributed by atoms with E-state index in [4.69, 9.17) is 9.72 Å². The Morgan fingerprint density at radius 1 is 1.12 bits per heavy atom. The molecule has 0 spiro atoms. The van der Waals surface area contributed by atoms with Gasteiger partial charge in [0.25, 0.3) is 5.91 Å². The predicted octanol–water partition coefficient (Wildman–Crippen LogP) is 4.55. The molecule has 180 valence electrons. The largest absolute Gasteiger partial charge is 0.460 e. The highest BCUT2D eigenvalue weighted by molar-refractivity contribution is 6.08. The summed E-state index contributed by atoms with van der Waals surface area (Å²) in [5, 5.41) is 11.5. The molecule has 1 amide bonds. The van der Waals surface area contributed by atoms with E-state index in [1.165, 1.54) is 4.90 Å². The second-order valence-electron chi connectivity index (χ2n) is 10.4. The molecule has 1 aromatic heterocycles. The SMILES string of the molecule is CC(C)CCn1c(CN2C(=O)C(O)(CC(=O)OC(C)(C)C)c3ccccc32)nc2ccccc21. The Hall–Kier alpha value is -3.19. The van der Waals surface area contributed by atoms with E-state index >= 15 is 0 Å². The van der Waals surface area contributed by atoms with Crippen molar-refractivity contribution in [2.75, 3.05) is 4.90 Å². The Bertz CT molecular complexity index is 1220. The second-order valence-corrected chi connectivity index (χ2v) is 10.4. The van der Waals surface area contributed by atoms with E-state index in [1.807, 2.05) is 30.3 Å². The van der Waals surface area contributed by atoms with Crippen molar-refractivity contribution in [3.63, 3.8) is 0 Å². The Balaban J connectivity index is 1.70. The van der Waals surface area contributed by atoms with Crippen LogP contribution in [-0.4, -0.2) is 32.1 Å². The molecule has 0 saturated carbocycles. The van der Waals surface area contributed by atoms with Crippen LogP contribution in [0.15, 0.2) is 48.5 Å². The van der Waals surface area contributed by atoms with Gasteiger partial charge in [-0.2, -0.15) is 0 Å². The molecule has 1 unspecified atom stereocenters. The highest BCUT2D eigenvalue weighted by Crippen LogP contribution is 2.43. The molecular weight excluding hydrogens is 430 g/mol. The molecular formula is C27H33N3O4. The standard InChI is InChI=1S/C27H33N3O4/c1-18(2)14-15-29-22-13-9-7-11-20(22)28-23(29)17-30-21-12-8-6-10-19(21)27(33,25(30)32)16-24(31)34-26(3,4)5/h6-13,18,33H,14-17H2,1-5H3. The fourth-order valence-electron chi connectivity index (χ4n) is 4.45. The molecule has 1 atom stereocenters. The first kappa shape index (κ1) is 24.0. The molecule has 0 aliphatic carbocycles. The zero-order valence-corrected chi connectivity index (χ0v) is 20.5. The number of aliphatic hydroxyl groups is 1. The minimum Gasteiger partial charge on any atom is -0.460 e. The van der Waals surface area contributed by atoms with Crippen molar-refractivity contribution in [3.8, 4) is 0 Å². The summed E-state index contributed by atoms with van der Waals surface area (Å²) >= 11 is 0. The molecule has 7 nitrogen and oxygen atoms in total. The Kier molecular flexibility index (Phi) is 6.25. The van der Waals surface area contributed by atoms with E-state index in [1.54, 1.807) is 39.0 Å². The predicted molar refractivity (Wildman–Crippen MR) is 131 cm³/mol. The summed E-state index contributed by atoms with van der Waals surface area (Å²) in [7, 11) is 0. The van der Waals surface area contributed by atoms with Gasteiger partial charge in [-0.25, -0.2) is 4.98 Å². The number of carbonyl (C=O) groups excluding carboxylic acids is 2. The van der Waals surface area contributed by atoms with Gasteiger partial charge in [0.15, 0.2) is 5.60 Å². The molecule has 7 heteroatoms. The number of hydrogen-bond acceptors (Lipinski definition) is 5. The van der Waals surface area contributed by atoms with Crippen molar-refractivity contribution in [1.82, 2.24) is 9.55 Å². The van der Waals surface area contributed by atoms with Crippen LogP contribution >= 0.6 is 0 Å². The third kappa shape index (κ3) is 4.57. The quantitative estimate of drug-likeness (QED) is 0.520. The molecule has 0 radical (unpaired) electrons. The molecule has 3 aromatic rings.